The Hall–Kier alpha value is -2.04. The molecule has 102 valence electrons. The first-order valence-corrected chi connectivity index (χ1v) is 6.45. The summed E-state index contributed by atoms with van der Waals surface area (Å²) < 4.78 is 7.46. The molecule has 0 aliphatic rings. The van der Waals surface area contributed by atoms with E-state index >= 15 is 0 Å². The summed E-state index contributed by atoms with van der Waals surface area (Å²) in [6, 6.07) is 7.98. The standard InChI is InChI=1S/C14H20N4O/c1-11(2)10-19-14-6-4-5-12(7-14)15-8-13-9-16-17-18(13)3/h4-7,9,11,15H,8,10H2,1-3H3. The number of hydrogen-bond acceptors (Lipinski definition) is 4. The molecule has 1 N–H and O–H groups in total. The Kier molecular flexibility index (Phi) is 4.39. The minimum absolute atomic E-state index is 0.525. The maximum absolute atomic E-state index is 5.70. The van der Waals surface area contributed by atoms with Crippen molar-refractivity contribution in [2.45, 2.75) is 20.4 Å². The molecule has 5 nitrogen and oxygen atoms in total. The summed E-state index contributed by atoms with van der Waals surface area (Å²) in [5.41, 5.74) is 2.07. The van der Waals surface area contributed by atoms with Crippen molar-refractivity contribution in [2.24, 2.45) is 13.0 Å². The van der Waals surface area contributed by atoms with Gasteiger partial charge >= 0.3 is 0 Å². The van der Waals surface area contributed by atoms with Crippen molar-refractivity contribution < 1.29 is 4.74 Å². The van der Waals surface area contributed by atoms with Crippen LogP contribution >= 0.6 is 0 Å². The minimum atomic E-state index is 0.525. The number of ether oxygens (including phenoxy) is 1. The summed E-state index contributed by atoms with van der Waals surface area (Å²) in [5.74, 6) is 1.42. The molecule has 1 aromatic carbocycles. The van der Waals surface area contributed by atoms with Gasteiger partial charge in [-0.05, 0) is 18.1 Å². The van der Waals surface area contributed by atoms with Crippen LogP contribution < -0.4 is 10.1 Å². The van der Waals surface area contributed by atoms with Crippen LogP contribution in [0.2, 0.25) is 0 Å². The smallest absolute Gasteiger partial charge is 0.121 e. The number of benzene rings is 1. The van der Waals surface area contributed by atoms with Gasteiger partial charge in [-0.1, -0.05) is 25.1 Å². The van der Waals surface area contributed by atoms with Gasteiger partial charge in [-0.2, -0.15) is 0 Å². The van der Waals surface area contributed by atoms with Crippen LogP contribution in [0.1, 0.15) is 19.5 Å². The molecule has 5 heteroatoms. The highest BCUT2D eigenvalue weighted by Crippen LogP contribution is 2.18. The molecule has 19 heavy (non-hydrogen) atoms. The van der Waals surface area contributed by atoms with Gasteiger partial charge in [0.2, 0.25) is 0 Å². The number of aryl methyl sites for hydroxylation is 1. The largest absolute Gasteiger partial charge is 0.493 e. The maximum Gasteiger partial charge on any atom is 0.121 e. The van der Waals surface area contributed by atoms with Gasteiger partial charge in [-0.25, -0.2) is 0 Å². The van der Waals surface area contributed by atoms with Gasteiger partial charge in [-0.3, -0.25) is 4.68 Å². The molecule has 2 aromatic rings. The zero-order valence-corrected chi connectivity index (χ0v) is 11.6. The highest BCUT2D eigenvalue weighted by Gasteiger charge is 2.01. The lowest BCUT2D eigenvalue weighted by Crippen LogP contribution is -2.06. The topological polar surface area (TPSA) is 52.0 Å². The Bertz CT molecular complexity index is 522. The van der Waals surface area contributed by atoms with E-state index in [2.05, 4.69) is 29.5 Å². The third kappa shape index (κ3) is 3.98. The van der Waals surface area contributed by atoms with E-state index in [4.69, 9.17) is 4.74 Å². The van der Waals surface area contributed by atoms with Gasteiger partial charge < -0.3 is 10.1 Å². The minimum Gasteiger partial charge on any atom is -0.493 e. The fourth-order valence-corrected chi connectivity index (χ4v) is 1.62. The molecular weight excluding hydrogens is 240 g/mol. The van der Waals surface area contributed by atoms with E-state index in [0.29, 0.717) is 12.5 Å². The van der Waals surface area contributed by atoms with Crippen molar-refractivity contribution in [3.05, 3.63) is 36.2 Å². The van der Waals surface area contributed by atoms with E-state index < -0.39 is 0 Å². The quantitative estimate of drug-likeness (QED) is 0.867. The first-order valence-electron chi connectivity index (χ1n) is 6.45. The Morgan fingerprint density at radius 3 is 2.89 bits per heavy atom. The van der Waals surface area contributed by atoms with Crippen molar-refractivity contribution in [1.29, 1.82) is 0 Å². The molecule has 1 heterocycles. The molecule has 2 rings (SSSR count). The van der Waals surface area contributed by atoms with Crippen molar-refractivity contribution >= 4 is 5.69 Å². The molecule has 0 amide bonds. The van der Waals surface area contributed by atoms with Crippen LogP contribution in [0.25, 0.3) is 0 Å². The van der Waals surface area contributed by atoms with Crippen LogP contribution in [0.4, 0.5) is 5.69 Å². The van der Waals surface area contributed by atoms with E-state index in [9.17, 15) is 0 Å². The van der Waals surface area contributed by atoms with Crippen molar-refractivity contribution in [1.82, 2.24) is 15.0 Å². The summed E-state index contributed by atoms with van der Waals surface area (Å²) in [6.07, 6.45) is 1.76. The monoisotopic (exact) mass is 260 g/mol. The predicted molar refractivity (Wildman–Crippen MR) is 75.1 cm³/mol. The number of nitrogens with one attached hydrogen (secondary N) is 1. The second-order valence-corrected chi connectivity index (χ2v) is 4.94. The van der Waals surface area contributed by atoms with Crippen molar-refractivity contribution in [3.63, 3.8) is 0 Å². The van der Waals surface area contributed by atoms with Gasteiger partial charge in [-0.15, -0.1) is 5.10 Å². The Morgan fingerprint density at radius 2 is 2.21 bits per heavy atom. The first-order chi connectivity index (χ1) is 9.15. The average molecular weight is 260 g/mol. The van der Waals surface area contributed by atoms with Crippen LogP contribution in [0, 0.1) is 5.92 Å². The summed E-state index contributed by atoms with van der Waals surface area (Å²) in [5, 5.41) is 11.1. The Labute approximate surface area is 113 Å². The summed E-state index contributed by atoms with van der Waals surface area (Å²) in [4.78, 5) is 0. The molecule has 0 bridgehead atoms. The summed E-state index contributed by atoms with van der Waals surface area (Å²) in [6.45, 7) is 5.70. The third-order valence-electron chi connectivity index (χ3n) is 2.70. The molecular formula is C14H20N4O. The molecule has 0 saturated heterocycles. The van der Waals surface area contributed by atoms with Gasteiger partial charge in [0, 0.05) is 18.8 Å². The van der Waals surface area contributed by atoms with Crippen molar-refractivity contribution in [2.75, 3.05) is 11.9 Å². The number of rotatable bonds is 6. The second-order valence-electron chi connectivity index (χ2n) is 4.94. The molecule has 0 fully saturated rings. The highest BCUT2D eigenvalue weighted by atomic mass is 16.5. The van der Waals surface area contributed by atoms with E-state index in [0.717, 1.165) is 23.7 Å². The normalized spacial score (nSPS) is 10.7. The van der Waals surface area contributed by atoms with Gasteiger partial charge in [0.1, 0.15) is 5.75 Å². The Morgan fingerprint density at radius 1 is 1.37 bits per heavy atom. The first kappa shape index (κ1) is 13.4. The lowest BCUT2D eigenvalue weighted by Gasteiger charge is -2.11. The zero-order chi connectivity index (χ0) is 13.7. The van der Waals surface area contributed by atoms with Crippen LogP contribution in [-0.4, -0.2) is 21.6 Å². The highest BCUT2D eigenvalue weighted by molar-refractivity contribution is 5.48. The van der Waals surface area contributed by atoms with Crippen LogP contribution in [-0.2, 0) is 13.6 Å². The number of anilines is 1. The SMILES string of the molecule is CC(C)COc1cccc(NCc2cnnn2C)c1. The molecule has 0 aliphatic heterocycles. The van der Waals surface area contributed by atoms with Gasteiger partial charge in [0.25, 0.3) is 0 Å². The van der Waals surface area contributed by atoms with Crippen LogP contribution in [0.5, 0.6) is 5.75 Å². The third-order valence-corrected chi connectivity index (χ3v) is 2.70. The lowest BCUT2D eigenvalue weighted by molar-refractivity contribution is 0.271. The zero-order valence-electron chi connectivity index (χ0n) is 11.6. The molecule has 1 aromatic heterocycles. The lowest BCUT2D eigenvalue weighted by atomic mass is 10.2. The summed E-state index contributed by atoms with van der Waals surface area (Å²) >= 11 is 0. The fourth-order valence-electron chi connectivity index (χ4n) is 1.62. The second kappa shape index (κ2) is 6.22. The number of hydrogen-bond donors (Lipinski definition) is 1. The average Bonchev–Trinajstić information content (AvgIpc) is 2.80. The van der Waals surface area contributed by atoms with Crippen molar-refractivity contribution in [3.8, 4) is 5.75 Å². The van der Waals surface area contributed by atoms with E-state index in [1.807, 2.05) is 31.3 Å². The van der Waals surface area contributed by atoms with E-state index in [1.54, 1.807) is 10.9 Å². The van der Waals surface area contributed by atoms with Gasteiger partial charge in [0.05, 0.1) is 25.0 Å². The molecule has 0 aliphatic carbocycles. The molecule has 0 saturated carbocycles. The van der Waals surface area contributed by atoms with Crippen LogP contribution in [0.15, 0.2) is 30.5 Å². The fraction of sp³-hybridized carbons (Fsp3) is 0.429. The van der Waals surface area contributed by atoms with E-state index in [1.165, 1.54) is 0 Å². The Balaban J connectivity index is 1.93. The van der Waals surface area contributed by atoms with Crippen LogP contribution in [0.3, 0.4) is 0 Å². The maximum atomic E-state index is 5.70. The number of aromatic nitrogens is 3. The molecule has 0 spiro atoms. The molecule has 0 radical (unpaired) electrons. The predicted octanol–water partition coefficient (Wildman–Crippen LogP) is 2.46. The number of nitrogens with zero attached hydrogens (tertiary/aromatic N) is 3. The van der Waals surface area contributed by atoms with Gasteiger partial charge in [0.15, 0.2) is 0 Å². The molecule has 0 atom stereocenters. The summed E-state index contributed by atoms with van der Waals surface area (Å²) in [7, 11) is 1.88. The van der Waals surface area contributed by atoms with E-state index in [-0.39, 0.29) is 0 Å². The molecule has 0 unspecified atom stereocenters.